The van der Waals surface area contributed by atoms with E-state index in [4.69, 9.17) is 4.42 Å². The molecule has 1 aromatic heterocycles. The molecule has 0 aromatic carbocycles. The highest BCUT2D eigenvalue weighted by Crippen LogP contribution is 2.21. The quantitative estimate of drug-likeness (QED) is 0.583. The van der Waals surface area contributed by atoms with Crippen molar-refractivity contribution in [1.29, 1.82) is 0 Å². The van der Waals surface area contributed by atoms with Gasteiger partial charge in [-0.2, -0.15) is 0 Å². The van der Waals surface area contributed by atoms with Crippen LogP contribution in [0.4, 0.5) is 5.88 Å². The van der Waals surface area contributed by atoms with Crippen LogP contribution in [-0.4, -0.2) is 28.8 Å². The first-order valence-corrected chi connectivity index (χ1v) is 5.61. The van der Waals surface area contributed by atoms with Gasteiger partial charge in [0, 0.05) is 13.1 Å². The molecular formula is C11H14N2O4. The van der Waals surface area contributed by atoms with E-state index in [1.54, 1.807) is 4.90 Å². The lowest BCUT2D eigenvalue weighted by Gasteiger charge is -2.30. The van der Waals surface area contributed by atoms with Crippen molar-refractivity contribution < 1.29 is 14.1 Å². The van der Waals surface area contributed by atoms with Crippen LogP contribution in [0.2, 0.25) is 0 Å². The lowest BCUT2D eigenvalue weighted by Crippen LogP contribution is -2.38. The highest BCUT2D eigenvalue weighted by molar-refractivity contribution is 5.91. The van der Waals surface area contributed by atoms with Crippen LogP contribution in [0.3, 0.4) is 0 Å². The van der Waals surface area contributed by atoms with Crippen LogP contribution in [0.25, 0.3) is 0 Å². The van der Waals surface area contributed by atoms with Gasteiger partial charge < -0.3 is 9.32 Å². The minimum absolute atomic E-state index is 0.0470. The molecule has 0 N–H and O–H groups in total. The number of nitro groups is 1. The van der Waals surface area contributed by atoms with Crippen LogP contribution in [0.5, 0.6) is 0 Å². The molecule has 0 aliphatic carbocycles. The first-order valence-electron chi connectivity index (χ1n) is 5.61. The van der Waals surface area contributed by atoms with Gasteiger partial charge in [-0.1, -0.05) is 6.92 Å². The van der Waals surface area contributed by atoms with Crippen LogP contribution in [0, 0.1) is 16.0 Å². The summed E-state index contributed by atoms with van der Waals surface area (Å²) in [6, 6.07) is 2.57. The fourth-order valence-electron chi connectivity index (χ4n) is 2.07. The number of amides is 1. The van der Waals surface area contributed by atoms with Gasteiger partial charge in [0.15, 0.2) is 5.76 Å². The van der Waals surface area contributed by atoms with Gasteiger partial charge in [0.1, 0.15) is 4.92 Å². The zero-order valence-electron chi connectivity index (χ0n) is 9.59. The van der Waals surface area contributed by atoms with Gasteiger partial charge in [0.25, 0.3) is 5.91 Å². The van der Waals surface area contributed by atoms with Crippen LogP contribution >= 0.6 is 0 Å². The smallest absolute Gasteiger partial charge is 0.395 e. The second-order valence-corrected chi connectivity index (χ2v) is 4.39. The number of carbonyl (C=O) groups is 1. The molecular weight excluding hydrogens is 224 g/mol. The van der Waals surface area contributed by atoms with E-state index in [1.807, 2.05) is 0 Å². The van der Waals surface area contributed by atoms with E-state index in [0.29, 0.717) is 19.0 Å². The Labute approximate surface area is 98.3 Å². The molecule has 2 rings (SSSR count). The van der Waals surface area contributed by atoms with Crippen molar-refractivity contribution in [2.45, 2.75) is 19.8 Å². The van der Waals surface area contributed by atoms with Crippen LogP contribution in [0.15, 0.2) is 16.5 Å². The summed E-state index contributed by atoms with van der Waals surface area (Å²) in [6.07, 6.45) is 2.08. The third-order valence-corrected chi connectivity index (χ3v) is 2.93. The molecule has 0 saturated carbocycles. The van der Waals surface area contributed by atoms with Crippen LogP contribution in [0.1, 0.15) is 30.3 Å². The second kappa shape index (κ2) is 4.57. The number of carbonyl (C=O) groups excluding carboxylic acids is 1. The van der Waals surface area contributed by atoms with E-state index in [-0.39, 0.29) is 11.7 Å². The molecule has 0 spiro atoms. The van der Waals surface area contributed by atoms with Crippen molar-refractivity contribution in [3.63, 3.8) is 0 Å². The van der Waals surface area contributed by atoms with Crippen LogP contribution in [-0.2, 0) is 0 Å². The topological polar surface area (TPSA) is 76.6 Å². The van der Waals surface area contributed by atoms with E-state index in [9.17, 15) is 14.9 Å². The molecule has 0 unspecified atom stereocenters. The molecule has 1 fully saturated rings. The Balaban J connectivity index is 2.10. The summed E-state index contributed by atoms with van der Waals surface area (Å²) in [4.78, 5) is 23.5. The summed E-state index contributed by atoms with van der Waals surface area (Å²) < 4.78 is 4.91. The molecule has 1 amide bonds. The molecule has 0 radical (unpaired) electrons. The van der Waals surface area contributed by atoms with Crippen molar-refractivity contribution in [3.8, 4) is 0 Å². The first kappa shape index (κ1) is 11.6. The number of nitrogens with zero attached hydrogens (tertiary/aromatic N) is 2. The van der Waals surface area contributed by atoms with E-state index in [2.05, 4.69) is 6.92 Å². The predicted octanol–water partition coefficient (Wildman–Crippen LogP) is 2.06. The standard InChI is InChI=1S/C11H14N2O4/c1-8-3-2-6-12(7-8)11(14)9-4-5-10(17-9)13(15)16/h4-5,8H,2-3,6-7H2,1H3/t8-/m0/s1. The number of rotatable bonds is 2. The lowest BCUT2D eigenvalue weighted by molar-refractivity contribution is -0.402. The SMILES string of the molecule is C[C@H]1CCCN(C(=O)c2ccc([N+](=O)[O-])o2)C1. The highest BCUT2D eigenvalue weighted by Gasteiger charge is 2.25. The van der Waals surface area contributed by atoms with Gasteiger partial charge in [-0.05, 0) is 24.8 Å². The minimum Gasteiger partial charge on any atom is -0.395 e. The summed E-state index contributed by atoms with van der Waals surface area (Å²) in [5.41, 5.74) is 0. The van der Waals surface area contributed by atoms with Gasteiger partial charge in [-0.15, -0.1) is 0 Å². The molecule has 1 aliphatic heterocycles. The van der Waals surface area contributed by atoms with Crippen molar-refractivity contribution in [2.75, 3.05) is 13.1 Å². The number of hydrogen-bond acceptors (Lipinski definition) is 4. The van der Waals surface area contributed by atoms with Crippen molar-refractivity contribution in [2.24, 2.45) is 5.92 Å². The molecule has 17 heavy (non-hydrogen) atoms. The maximum Gasteiger partial charge on any atom is 0.433 e. The largest absolute Gasteiger partial charge is 0.433 e. The Hall–Kier alpha value is -1.85. The van der Waals surface area contributed by atoms with Gasteiger partial charge in [0.2, 0.25) is 0 Å². The van der Waals surface area contributed by atoms with Crippen molar-refractivity contribution in [3.05, 3.63) is 28.0 Å². The summed E-state index contributed by atoms with van der Waals surface area (Å²) in [5.74, 6) is -0.133. The molecule has 1 aliphatic rings. The van der Waals surface area contributed by atoms with E-state index < -0.39 is 10.8 Å². The van der Waals surface area contributed by atoms with E-state index in [1.165, 1.54) is 12.1 Å². The van der Waals surface area contributed by atoms with Gasteiger partial charge in [-0.25, -0.2) is 0 Å². The van der Waals surface area contributed by atoms with E-state index in [0.717, 1.165) is 12.8 Å². The molecule has 92 valence electrons. The minimum atomic E-state index is -0.643. The summed E-state index contributed by atoms with van der Waals surface area (Å²) >= 11 is 0. The summed E-state index contributed by atoms with van der Waals surface area (Å²) in [5, 5.41) is 10.5. The normalized spacial score (nSPS) is 20.3. The maximum atomic E-state index is 12.0. The molecule has 0 bridgehead atoms. The number of likely N-dealkylation sites (tertiary alicyclic amines) is 1. The van der Waals surface area contributed by atoms with Gasteiger partial charge >= 0.3 is 5.88 Å². The van der Waals surface area contributed by atoms with Gasteiger partial charge in [-0.3, -0.25) is 14.9 Å². The molecule has 6 nitrogen and oxygen atoms in total. The Morgan fingerprint density at radius 3 is 2.94 bits per heavy atom. The predicted molar refractivity (Wildman–Crippen MR) is 59.7 cm³/mol. The summed E-state index contributed by atoms with van der Waals surface area (Å²) in [6.45, 7) is 3.47. The van der Waals surface area contributed by atoms with Crippen molar-refractivity contribution in [1.82, 2.24) is 4.90 Å². The molecule has 6 heteroatoms. The average Bonchev–Trinajstić information content (AvgIpc) is 2.77. The third-order valence-electron chi connectivity index (χ3n) is 2.93. The fourth-order valence-corrected chi connectivity index (χ4v) is 2.07. The highest BCUT2D eigenvalue weighted by atomic mass is 16.6. The molecule has 1 aromatic rings. The summed E-state index contributed by atoms with van der Waals surface area (Å²) in [7, 11) is 0. The second-order valence-electron chi connectivity index (χ2n) is 4.39. The monoisotopic (exact) mass is 238 g/mol. The first-order chi connectivity index (χ1) is 8.08. The molecule has 1 atom stereocenters. The van der Waals surface area contributed by atoms with E-state index >= 15 is 0 Å². The molecule has 1 saturated heterocycles. The number of hydrogen-bond donors (Lipinski definition) is 0. The third kappa shape index (κ3) is 2.46. The Morgan fingerprint density at radius 1 is 1.59 bits per heavy atom. The van der Waals surface area contributed by atoms with Gasteiger partial charge in [0.05, 0.1) is 6.07 Å². The maximum absolute atomic E-state index is 12.0. The Morgan fingerprint density at radius 2 is 2.35 bits per heavy atom. The zero-order valence-corrected chi connectivity index (χ0v) is 9.59. The lowest BCUT2D eigenvalue weighted by atomic mass is 10.0. The van der Waals surface area contributed by atoms with Crippen molar-refractivity contribution >= 4 is 11.8 Å². The number of furan rings is 1. The van der Waals surface area contributed by atoms with Crippen LogP contribution < -0.4 is 0 Å². The number of piperidine rings is 1. The average molecular weight is 238 g/mol. The Bertz CT molecular complexity index is 440. The zero-order chi connectivity index (χ0) is 12.4. The Kier molecular flexibility index (Phi) is 3.12. The fraction of sp³-hybridized carbons (Fsp3) is 0.545. The molecule has 2 heterocycles.